The van der Waals surface area contributed by atoms with E-state index in [-0.39, 0.29) is 16.7 Å². The van der Waals surface area contributed by atoms with Gasteiger partial charge in [-0.05, 0) is 6.92 Å². The lowest BCUT2D eigenvalue weighted by Gasteiger charge is -2.14. The van der Waals surface area contributed by atoms with Crippen LogP contribution < -0.4 is 5.32 Å². The molecule has 0 saturated carbocycles. The summed E-state index contributed by atoms with van der Waals surface area (Å²) in [6.45, 7) is 2.47. The van der Waals surface area contributed by atoms with Gasteiger partial charge < -0.3 is 9.88 Å². The molecule has 6 nitrogen and oxygen atoms in total. The summed E-state index contributed by atoms with van der Waals surface area (Å²) in [7, 11) is 1.92. The molecule has 0 aliphatic heterocycles. The Labute approximate surface area is 111 Å². The van der Waals surface area contributed by atoms with E-state index >= 15 is 0 Å². The average Bonchev–Trinajstić information content (AvgIpc) is 2.81. The minimum Gasteiger partial charge on any atom is -0.337 e. The molecular formula is C13H16N4O2. The second-order valence-corrected chi connectivity index (χ2v) is 4.37. The zero-order chi connectivity index (χ0) is 13.8. The lowest BCUT2D eigenvalue weighted by molar-refractivity contribution is -0.385. The fourth-order valence-electron chi connectivity index (χ4n) is 1.94. The van der Waals surface area contributed by atoms with Crippen LogP contribution >= 0.6 is 0 Å². The van der Waals surface area contributed by atoms with Crippen LogP contribution in [-0.4, -0.2) is 14.5 Å². The highest BCUT2D eigenvalue weighted by Gasteiger charge is 2.17. The van der Waals surface area contributed by atoms with E-state index in [1.807, 2.05) is 24.7 Å². The highest BCUT2D eigenvalue weighted by atomic mass is 16.6. The number of aryl methyl sites for hydroxylation is 1. The van der Waals surface area contributed by atoms with E-state index in [0.29, 0.717) is 12.1 Å². The average molecular weight is 260 g/mol. The lowest BCUT2D eigenvalue weighted by Crippen LogP contribution is -2.20. The molecule has 0 radical (unpaired) electrons. The molecule has 0 saturated heterocycles. The quantitative estimate of drug-likeness (QED) is 0.660. The largest absolute Gasteiger partial charge is 0.337 e. The smallest absolute Gasteiger partial charge is 0.274 e. The second kappa shape index (κ2) is 5.62. The van der Waals surface area contributed by atoms with Crippen molar-refractivity contribution in [3.63, 3.8) is 0 Å². The maximum atomic E-state index is 11.0. The number of benzene rings is 1. The monoisotopic (exact) mass is 260 g/mol. The maximum absolute atomic E-state index is 11.0. The van der Waals surface area contributed by atoms with Gasteiger partial charge >= 0.3 is 0 Å². The number of nitro benzene ring substituents is 1. The molecule has 1 aromatic heterocycles. The zero-order valence-corrected chi connectivity index (χ0v) is 10.9. The summed E-state index contributed by atoms with van der Waals surface area (Å²) in [5, 5.41) is 14.2. The van der Waals surface area contributed by atoms with E-state index in [2.05, 4.69) is 10.3 Å². The summed E-state index contributed by atoms with van der Waals surface area (Å²) in [5.41, 5.74) is 0.823. The first-order chi connectivity index (χ1) is 9.09. The number of imidazole rings is 1. The number of hydrogen-bond acceptors (Lipinski definition) is 4. The van der Waals surface area contributed by atoms with Gasteiger partial charge in [0.2, 0.25) is 0 Å². The molecule has 1 heterocycles. The van der Waals surface area contributed by atoms with Gasteiger partial charge in [-0.2, -0.15) is 0 Å². The van der Waals surface area contributed by atoms with E-state index in [4.69, 9.17) is 0 Å². The number of para-hydroxylation sites is 1. The van der Waals surface area contributed by atoms with Crippen molar-refractivity contribution in [1.82, 2.24) is 14.9 Å². The molecule has 0 spiro atoms. The molecule has 0 bridgehead atoms. The Balaban J connectivity index is 2.10. The highest BCUT2D eigenvalue weighted by molar-refractivity contribution is 5.41. The molecule has 1 aromatic carbocycles. The van der Waals surface area contributed by atoms with Crippen LogP contribution in [0.2, 0.25) is 0 Å². The molecule has 2 rings (SSSR count). The molecular weight excluding hydrogens is 244 g/mol. The Hall–Kier alpha value is -2.21. The molecule has 1 atom stereocenters. The first kappa shape index (κ1) is 13.2. The summed E-state index contributed by atoms with van der Waals surface area (Å²) in [6.07, 6.45) is 3.60. The molecule has 19 heavy (non-hydrogen) atoms. The predicted octanol–water partition coefficient (Wildman–Crippen LogP) is 2.18. The molecule has 2 aromatic rings. The first-order valence-electron chi connectivity index (χ1n) is 6.02. The van der Waals surface area contributed by atoms with Crippen LogP contribution in [0.15, 0.2) is 36.7 Å². The summed E-state index contributed by atoms with van der Waals surface area (Å²) >= 11 is 0. The van der Waals surface area contributed by atoms with E-state index in [9.17, 15) is 10.1 Å². The van der Waals surface area contributed by atoms with Gasteiger partial charge in [0.05, 0.1) is 11.5 Å². The Morgan fingerprint density at radius 1 is 1.47 bits per heavy atom. The van der Waals surface area contributed by atoms with Crippen LogP contribution in [0.4, 0.5) is 5.69 Å². The molecule has 0 aliphatic rings. The number of hydrogen-bond donors (Lipinski definition) is 1. The van der Waals surface area contributed by atoms with Gasteiger partial charge in [0, 0.05) is 37.1 Å². The third-order valence-corrected chi connectivity index (χ3v) is 3.09. The molecule has 1 unspecified atom stereocenters. The van der Waals surface area contributed by atoms with Gasteiger partial charge in [0.25, 0.3) is 5.69 Å². The Kier molecular flexibility index (Phi) is 3.91. The van der Waals surface area contributed by atoms with Gasteiger partial charge in [-0.3, -0.25) is 10.1 Å². The second-order valence-electron chi connectivity index (χ2n) is 4.37. The topological polar surface area (TPSA) is 73.0 Å². The third-order valence-electron chi connectivity index (χ3n) is 3.09. The standard InChI is InChI=1S/C13H16N4O2/c1-10(15-9-13-14-7-8-16(13)2)11-5-3-4-6-12(11)17(18)19/h3-8,10,15H,9H2,1-2H3. The van der Waals surface area contributed by atoms with E-state index in [1.54, 1.807) is 24.4 Å². The SMILES string of the molecule is CC(NCc1nccn1C)c1ccccc1[N+](=O)[O-]. The van der Waals surface area contributed by atoms with Gasteiger partial charge in [0.15, 0.2) is 0 Å². The van der Waals surface area contributed by atoms with Crippen molar-refractivity contribution in [3.8, 4) is 0 Å². The van der Waals surface area contributed by atoms with Crippen molar-refractivity contribution >= 4 is 5.69 Å². The van der Waals surface area contributed by atoms with Gasteiger partial charge in [-0.15, -0.1) is 0 Å². The van der Waals surface area contributed by atoms with Crippen molar-refractivity contribution in [3.05, 3.63) is 58.2 Å². The van der Waals surface area contributed by atoms with Gasteiger partial charge in [0.1, 0.15) is 5.82 Å². The number of rotatable bonds is 5. The third kappa shape index (κ3) is 2.97. The molecule has 0 fully saturated rings. The van der Waals surface area contributed by atoms with Gasteiger partial charge in [-0.1, -0.05) is 18.2 Å². The first-order valence-corrected chi connectivity index (χ1v) is 6.02. The van der Waals surface area contributed by atoms with E-state index in [1.165, 1.54) is 6.07 Å². The fraction of sp³-hybridized carbons (Fsp3) is 0.308. The number of nitrogens with zero attached hydrogens (tertiary/aromatic N) is 3. The minimum atomic E-state index is -0.353. The lowest BCUT2D eigenvalue weighted by atomic mass is 10.1. The van der Waals surface area contributed by atoms with Crippen LogP contribution in [0.1, 0.15) is 24.4 Å². The summed E-state index contributed by atoms with van der Waals surface area (Å²) < 4.78 is 1.92. The van der Waals surface area contributed by atoms with E-state index < -0.39 is 0 Å². The van der Waals surface area contributed by atoms with Crippen molar-refractivity contribution in [2.24, 2.45) is 7.05 Å². The molecule has 0 aliphatic carbocycles. The Bertz CT molecular complexity index is 580. The highest BCUT2D eigenvalue weighted by Crippen LogP contribution is 2.24. The Morgan fingerprint density at radius 3 is 2.84 bits per heavy atom. The van der Waals surface area contributed by atoms with Crippen molar-refractivity contribution in [1.29, 1.82) is 0 Å². The normalized spacial score (nSPS) is 12.3. The summed E-state index contributed by atoms with van der Waals surface area (Å²) in [5.74, 6) is 0.894. The van der Waals surface area contributed by atoms with Crippen LogP contribution in [0.3, 0.4) is 0 Å². The van der Waals surface area contributed by atoms with Crippen molar-refractivity contribution in [2.45, 2.75) is 19.5 Å². The van der Waals surface area contributed by atoms with Crippen LogP contribution in [0.25, 0.3) is 0 Å². The Morgan fingerprint density at radius 2 is 2.21 bits per heavy atom. The fourth-order valence-corrected chi connectivity index (χ4v) is 1.94. The van der Waals surface area contributed by atoms with Crippen LogP contribution in [0, 0.1) is 10.1 Å². The number of aromatic nitrogens is 2. The van der Waals surface area contributed by atoms with Gasteiger partial charge in [-0.25, -0.2) is 4.98 Å². The van der Waals surface area contributed by atoms with Crippen LogP contribution in [-0.2, 0) is 13.6 Å². The van der Waals surface area contributed by atoms with Crippen LogP contribution in [0.5, 0.6) is 0 Å². The summed E-state index contributed by atoms with van der Waals surface area (Å²) in [6, 6.07) is 6.66. The maximum Gasteiger partial charge on any atom is 0.274 e. The minimum absolute atomic E-state index is 0.113. The van der Waals surface area contributed by atoms with Crippen molar-refractivity contribution < 1.29 is 4.92 Å². The zero-order valence-electron chi connectivity index (χ0n) is 10.9. The predicted molar refractivity (Wildman–Crippen MR) is 71.6 cm³/mol. The number of nitro groups is 1. The molecule has 100 valence electrons. The van der Waals surface area contributed by atoms with Crippen molar-refractivity contribution in [2.75, 3.05) is 0 Å². The summed E-state index contributed by atoms with van der Waals surface area (Å²) in [4.78, 5) is 14.8. The van der Waals surface area contributed by atoms with E-state index in [0.717, 1.165) is 5.82 Å². The molecule has 1 N–H and O–H groups in total. The molecule has 6 heteroatoms. The molecule has 0 amide bonds. The number of nitrogens with one attached hydrogen (secondary N) is 1.